The normalized spacial score (nSPS) is 10.7. The molecule has 1 aromatic carbocycles. The summed E-state index contributed by atoms with van der Waals surface area (Å²) in [6.45, 7) is 1.42. The van der Waals surface area contributed by atoms with Crippen LogP contribution in [0.2, 0.25) is 0 Å². The number of hydrogen-bond acceptors (Lipinski definition) is 3. The van der Waals surface area contributed by atoms with Crippen LogP contribution in [0.5, 0.6) is 0 Å². The summed E-state index contributed by atoms with van der Waals surface area (Å²) in [6, 6.07) is 13.8. The van der Waals surface area contributed by atoms with E-state index in [0.29, 0.717) is 19.0 Å². The number of furan rings is 1. The summed E-state index contributed by atoms with van der Waals surface area (Å²) in [5.74, 6) is 1.52. The van der Waals surface area contributed by atoms with E-state index >= 15 is 0 Å². The Morgan fingerprint density at radius 3 is 2.52 bits per heavy atom. The molecule has 7 heteroatoms. The molecule has 2 rings (SSSR count). The number of halogens is 1. The first-order chi connectivity index (χ1) is 11.6. The summed E-state index contributed by atoms with van der Waals surface area (Å²) >= 11 is 0. The van der Waals surface area contributed by atoms with Crippen LogP contribution in [-0.4, -0.2) is 44.0 Å². The van der Waals surface area contributed by atoms with Crippen molar-refractivity contribution in [1.29, 1.82) is 0 Å². The van der Waals surface area contributed by atoms with Crippen molar-refractivity contribution in [2.45, 2.75) is 13.0 Å². The third-order valence-corrected chi connectivity index (χ3v) is 3.41. The van der Waals surface area contributed by atoms with Gasteiger partial charge in [0.25, 0.3) is 0 Å². The minimum Gasteiger partial charge on any atom is -0.469 e. The average molecular weight is 456 g/mol. The van der Waals surface area contributed by atoms with Gasteiger partial charge in [-0.2, -0.15) is 0 Å². The molecule has 0 saturated carbocycles. The predicted octanol–water partition coefficient (Wildman–Crippen LogP) is 2.26. The summed E-state index contributed by atoms with van der Waals surface area (Å²) in [7, 11) is 3.46. The standard InChI is InChI=1S/C18H24N4O2.HI/c1-22(2)17(23)14-21-18(19-11-10-16-9-6-12-24-16)20-13-15-7-4-3-5-8-15;/h3-9,12H,10-11,13-14H2,1-2H3,(H2,19,20,21);1H. The Labute approximate surface area is 165 Å². The Morgan fingerprint density at radius 2 is 1.88 bits per heavy atom. The van der Waals surface area contributed by atoms with Crippen LogP contribution in [0, 0.1) is 0 Å². The molecule has 6 nitrogen and oxygen atoms in total. The highest BCUT2D eigenvalue weighted by Crippen LogP contribution is 2.01. The molecule has 0 aliphatic rings. The van der Waals surface area contributed by atoms with E-state index in [1.54, 1.807) is 25.3 Å². The van der Waals surface area contributed by atoms with Gasteiger partial charge in [-0.1, -0.05) is 30.3 Å². The number of guanidine groups is 1. The zero-order valence-electron chi connectivity index (χ0n) is 14.6. The van der Waals surface area contributed by atoms with Crippen LogP contribution in [0.15, 0.2) is 58.1 Å². The Morgan fingerprint density at radius 1 is 1.12 bits per heavy atom. The molecular weight excluding hydrogens is 431 g/mol. The highest BCUT2D eigenvalue weighted by molar-refractivity contribution is 14.0. The van der Waals surface area contributed by atoms with Gasteiger partial charge in [-0.3, -0.25) is 4.79 Å². The molecule has 0 radical (unpaired) electrons. The number of carbonyl (C=O) groups excluding carboxylic acids is 1. The second-order valence-electron chi connectivity index (χ2n) is 5.55. The van der Waals surface area contributed by atoms with Gasteiger partial charge in [0.15, 0.2) is 5.96 Å². The third kappa shape index (κ3) is 8.06. The minimum absolute atomic E-state index is 0. The van der Waals surface area contributed by atoms with E-state index in [0.717, 1.165) is 17.7 Å². The van der Waals surface area contributed by atoms with Gasteiger partial charge < -0.3 is 20.0 Å². The van der Waals surface area contributed by atoms with Crippen molar-refractivity contribution in [3.8, 4) is 0 Å². The van der Waals surface area contributed by atoms with Crippen LogP contribution in [0.4, 0.5) is 0 Å². The first-order valence-electron chi connectivity index (χ1n) is 7.94. The molecule has 0 saturated heterocycles. The number of rotatable bonds is 7. The van der Waals surface area contributed by atoms with Crippen LogP contribution in [-0.2, 0) is 17.8 Å². The van der Waals surface area contributed by atoms with Crippen molar-refractivity contribution in [1.82, 2.24) is 15.5 Å². The highest BCUT2D eigenvalue weighted by atomic mass is 127. The second-order valence-corrected chi connectivity index (χ2v) is 5.55. The zero-order chi connectivity index (χ0) is 17.2. The molecule has 136 valence electrons. The van der Waals surface area contributed by atoms with Gasteiger partial charge in [-0.15, -0.1) is 24.0 Å². The quantitative estimate of drug-likeness (QED) is 0.381. The Bertz CT molecular complexity index is 642. The van der Waals surface area contributed by atoms with Gasteiger partial charge in [0.05, 0.1) is 19.4 Å². The van der Waals surface area contributed by atoms with Crippen molar-refractivity contribution in [2.75, 3.05) is 27.2 Å². The zero-order valence-corrected chi connectivity index (χ0v) is 16.9. The Kier molecular flexibility index (Phi) is 9.68. The maximum Gasteiger partial charge on any atom is 0.241 e. The van der Waals surface area contributed by atoms with Crippen LogP contribution >= 0.6 is 24.0 Å². The molecule has 2 aromatic rings. The fourth-order valence-electron chi connectivity index (χ4n) is 2.00. The fraction of sp³-hybridized carbons (Fsp3) is 0.333. The lowest BCUT2D eigenvalue weighted by Crippen LogP contribution is -2.43. The minimum atomic E-state index is -0.00440. The number of benzene rings is 1. The molecule has 2 N–H and O–H groups in total. The van der Waals surface area contributed by atoms with Gasteiger partial charge >= 0.3 is 0 Å². The maximum absolute atomic E-state index is 11.7. The van der Waals surface area contributed by atoms with Crippen molar-refractivity contribution < 1.29 is 9.21 Å². The maximum atomic E-state index is 11.7. The number of carbonyl (C=O) groups is 1. The Balaban J connectivity index is 0.00000312. The number of nitrogens with one attached hydrogen (secondary N) is 2. The van der Waals surface area contributed by atoms with E-state index in [-0.39, 0.29) is 36.4 Å². The number of nitrogens with zero attached hydrogens (tertiary/aromatic N) is 2. The van der Waals surface area contributed by atoms with Gasteiger partial charge in [0.1, 0.15) is 5.76 Å². The van der Waals surface area contributed by atoms with Gasteiger partial charge in [-0.25, -0.2) is 4.99 Å². The lowest BCUT2D eigenvalue weighted by Gasteiger charge is -2.14. The average Bonchev–Trinajstić information content (AvgIpc) is 3.10. The van der Waals surface area contributed by atoms with Gasteiger partial charge in [-0.05, 0) is 17.7 Å². The summed E-state index contributed by atoms with van der Waals surface area (Å²) in [5.41, 5.74) is 1.11. The third-order valence-electron chi connectivity index (χ3n) is 3.41. The van der Waals surface area contributed by atoms with Gasteiger partial charge in [0.2, 0.25) is 5.91 Å². The summed E-state index contributed by atoms with van der Waals surface area (Å²) in [4.78, 5) is 17.8. The number of aliphatic imine (C=N–C) groups is 1. The number of hydrogen-bond donors (Lipinski definition) is 2. The lowest BCUT2D eigenvalue weighted by atomic mass is 10.2. The molecule has 25 heavy (non-hydrogen) atoms. The largest absolute Gasteiger partial charge is 0.469 e. The van der Waals surface area contributed by atoms with Crippen LogP contribution in [0.1, 0.15) is 11.3 Å². The SMILES string of the molecule is CN(C)C(=O)CNC(=NCc1ccccc1)NCCc1ccco1.I. The van der Waals surface area contributed by atoms with Crippen molar-refractivity contribution in [2.24, 2.45) is 4.99 Å². The van der Waals surface area contributed by atoms with Crippen LogP contribution in [0.3, 0.4) is 0 Å². The van der Waals surface area contributed by atoms with Crippen molar-refractivity contribution in [3.05, 3.63) is 60.1 Å². The van der Waals surface area contributed by atoms with E-state index in [2.05, 4.69) is 15.6 Å². The van der Waals surface area contributed by atoms with Crippen molar-refractivity contribution >= 4 is 35.8 Å². The molecule has 0 aliphatic carbocycles. The van der Waals surface area contributed by atoms with E-state index < -0.39 is 0 Å². The van der Waals surface area contributed by atoms with E-state index in [1.165, 1.54) is 0 Å². The van der Waals surface area contributed by atoms with Crippen LogP contribution in [0.25, 0.3) is 0 Å². The van der Waals surface area contributed by atoms with E-state index in [9.17, 15) is 4.79 Å². The van der Waals surface area contributed by atoms with Crippen LogP contribution < -0.4 is 10.6 Å². The van der Waals surface area contributed by atoms with E-state index in [4.69, 9.17) is 4.42 Å². The highest BCUT2D eigenvalue weighted by Gasteiger charge is 2.06. The summed E-state index contributed by atoms with van der Waals surface area (Å²) in [6.07, 6.45) is 2.41. The monoisotopic (exact) mass is 456 g/mol. The summed E-state index contributed by atoms with van der Waals surface area (Å²) < 4.78 is 5.31. The molecule has 0 unspecified atom stereocenters. The molecule has 0 bridgehead atoms. The Hall–Kier alpha value is -2.03. The van der Waals surface area contributed by atoms with E-state index in [1.807, 2.05) is 42.5 Å². The smallest absolute Gasteiger partial charge is 0.241 e. The first kappa shape index (κ1) is 21.0. The lowest BCUT2D eigenvalue weighted by molar-refractivity contribution is -0.127. The number of amides is 1. The molecule has 0 aliphatic heterocycles. The molecular formula is C18H25IN4O2. The summed E-state index contributed by atoms with van der Waals surface area (Å²) in [5, 5.41) is 6.30. The molecule has 1 amide bonds. The first-order valence-corrected chi connectivity index (χ1v) is 7.94. The molecule has 1 heterocycles. The molecule has 0 spiro atoms. The topological polar surface area (TPSA) is 69.9 Å². The fourth-order valence-corrected chi connectivity index (χ4v) is 2.00. The molecule has 0 fully saturated rings. The second kappa shape index (κ2) is 11.5. The predicted molar refractivity (Wildman–Crippen MR) is 110 cm³/mol. The number of likely N-dealkylation sites (N-methyl/N-ethyl adjacent to an activating group) is 1. The molecule has 1 aromatic heterocycles. The molecule has 0 atom stereocenters. The van der Waals surface area contributed by atoms with Crippen molar-refractivity contribution in [3.63, 3.8) is 0 Å². The van der Waals surface area contributed by atoms with Gasteiger partial charge in [0, 0.05) is 27.1 Å².